The first kappa shape index (κ1) is 14.4. The first-order valence-electron chi connectivity index (χ1n) is 6.28. The summed E-state index contributed by atoms with van der Waals surface area (Å²) in [5, 5.41) is 11.2. The number of carbonyl (C=O) groups excluding carboxylic acids is 1. The number of rotatable bonds is 4. The summed E-state index contributed by atoms with van der Waals surface area (Å²) in [5.41, 5.74) is 0. The van der Waals surface area contributed by atoms with Gasteiger partial charge in [0, 0.05) is 6.54 Å². The summed E-state index contributed by atoms with van der Waals surface area (Å²) in [4.78, 5) is 25.1. The molecule has 0 saturated carbocycles. The molecule has 19 heavy (non-hydrogen) atoms. The molecular weight excluding hydrogens is 282 g/mol. The number of nitrogens with zero attached hydrogens (tertiary/aromatic N) is 1. The van der Waals surface area contributed by atoms with E-state index in [1.54, 1.807) is 11.3 Å². The van der Waals surface area contributed by atoms with Crippen molar-refractivity contribution >= 4 is 35.0 Å². The van der Waals surface area contributed by atoms with Crippen molar-refractivity contribution in [2.45, 2.75) is 30.0 Å². The van der Waals surface area contributed by atoms with Crippen LogP contribution in [-0.4, -0.2) is 40.2 Å². The van der Waals surface area contributed by atoms with E-state index in [1.165, 1.54) is 16.7 Å². The Labute approximate surface area is 120 Å². The molecular formula is C13H17NO3S2. The van der Waals surface area contributed by atoms with E-state index in [4.69, 9.17) is 0 Å². The number of thioether (sulfide) groups is 1. The van der Waals surface area contributed by atoms with Crippen LogP contribution in [-0.2, 0) is 9.59 Å². The van der Waals surface area contributed by atoms with Crippen LogP contribution < -0.4 is 0 Å². The fourth-order valence-corrected chi connectivity index (χ4v) is 4.08. The first-order chi connectivity index (χ1) is 9.09. The van der Waals surface area contributed by atoms with E-state index in [2.05, 4.69) is 0 Å². The van der Waals surface area contributed by atoms with Gasteiger partial charge in [-0.25, -0.2) is 4.79 Å². The second-order valence-electron chi connectivity index (χ2n) is 4.71. The van der Waals surface area contributed by atoms with Gasteiger partial charge in [-0.3, -0.25) is 4.79 Å². The van der Waals surface area contributed by atoms with Crippen molar-refractivity contribution in [3.63, 3.8) is 0 Å². The van der Waals surface area contributed by atoms with Gasteiger partial charge in [0.15, 0.2) is 0 Å². The minimum Gasteiger partial charge on any atom is -0.480 e. The van der Waals surface area contributed by atoms with Crippen LogP contribution in [0.15, 0.2) is 21.7 Å². The van der Waals surface area contributed by atoms with E-state index >= 15 is 0 Å². The molecule has 0 bridgehead atoms. The van der Waals surface area contributed by atoms with Crippen molar-refractivity contribution in [1.29, 1.82) is 0 Å². The third-order valence-corrected chi connectivity index (χ3v) is 5.46. The molecule has 1 aliphatic heterocycles. The topological polar surface area (TPSA) is 57.6 Å². The molecule has 0 aliphatic carbocycles. The maximum Gasteiger partial charge on any atom is 0.326 e. The number of hydrogen-bond donors (Lipinski definition) is 1. The minimum absolute atomic E-state index is 0.0296. The Morgan fingerprint density at radius 3 is 3.00 bits per heavy atom. The van der Waals surface area contributed by atoms with Crippen molar-refractivity contribution in [2.75, 3.05) is 12.3 Å². The predicted molar refractivity (Wildman–Crippen MR) is 76.6 cm³/mol. The van der Waals surface area contributed by atoms with E-state index < -0.39 is 12.0 Å². The van der Waals surface area contributed by atoms with Gasteiger partial charge in [0.05, 0.1) is 9.96 Å². The first-order valence-corrected chi connectivity index (χ1v) is 8.14. The molecule has 1 aromatic heterocycles. The highest BCUT2D eigenvalue weighted by Gasteiger charge is 2.36. The van der Waals surface area contributed by atoms with Crippen molar-refractivity contribution in [3.05, 3.63) is 17.5 Å². The molecule has 1 aliphatic rings. The van der Waals surface area contributed by atoms with E-state index in [1.807, 2.05) is 24.4 Å². The summed E-state index contributed by atoms with van der Waals surface area (Å²) in [6.45, 7) is 2.47. The Bertz CT molecular complexity index is 447. The molecule has 2 atom stereocenters. The lowest BCUT2D eigenvalue weighted by Crippen LogP contribution is -2.52. The predicted octanol–water partition coefficient (Wildman–Crippen LogP) is 2.55. The summed E-state index contributed by atoms with van der Waals surface area (Å²) in [7, 11) is 0. The second-order valence-corrected chi connectivity index (χ2v) is 6.93. The summed E-state index contributed by atoms with van der Waals surface area (Å²) in [6, 6.07) is 3.25. The van der Waals surface area contributed by atoms with Gasteiger partial charge in [-0.1, -0.05) is 13.0 Å². The summed E-state index contributed by atoms with van der Waals surface area (Å²) in [5.74, 6) is -0.613. The van der Waals surface area contributed by atoms with Gasteiger partial charge in [0.1, 0.15) is 6.04 Å². The highest BCUT2D eigenvalue weighted by atomic mass is 32.2. The average Bonchev–Trinajstić information content (AvgIpc) is 2.88. The van der Waals surface area contributed by atoms with Crippen LogP contribution in [0.25, 0.3) is 0 Å². The molecule has 104 valence electrons. The van der Waals surface area contributed by atoms with E-state index in [0.29, 0.717) is 12.3 Å². The summed E-state index contributed by atoms with van der Waals surface area (Å²) < 4.78 is 1.09. The minimum atomic E-state index is -0.887. The Morgan fingerprint density at radius 2 is 2.37 bits per heavy atom. The number of carboxylic acid groups (broad SMARTS) is 1. The fourth-order valence-electron chi connectivity index (χ4n) is 2.41. The van der Waals surface area contributed by atoms with Crippen LogP contribution in [0.3, 0.4) is 0 Å². The zero-order chi connectivity index (χ0) is 13.8. The van der Waals surface area contributed by atoms with Crippen molar-refractivity contribution in [2.24, 2.45) is 5.92 Å². The molecule has 6 heteroatoms. The second kappa shape index (κ2) is 6.43. The highest BCUT2D eigenvalue weighted by Crippen LogP contribution is 2.27. The standard InChI is InChI=1S/C13H17NO3S2/c1-9-4-2-6-14(12(9)13(16)17)10(15)8-19-11-5-3-7-18-11/h3,5,7,9,12H,2,4,6,8H2,1H3,(H,16,17). The van der Waals surface area contributed by atoms with Crippen LogP contribution >= 0.6 is 23.1 Å². The fraction of sp³-hybridized carbons (Fsp3) is 0.538. The molecule has 0 aromatic carbocycles. The monoisotopic (exact) mass is 299 g/mol. The van der Waals surface area contributed by atoms with Gasteiger partial charge in [0.2, 0.25) is 5.91 Å². The summed E-state index contributed by atoms with van der Waals surface area (Å²) in [6.07, 6.45) is 1.76. The Morgan fingerprint density at radius 1 is 1.58 bits per heavy atom. The number of aliphatic carboxylic acids is 1. The summed E-state index contributed by atoms with van der Waals surface area (Å²) >= 11 is 3.07. The average molecular weight is 299 g/mol. The molecule has 1 saturated heterocycles. The van der Waals surface area contributed by atoms with E-state index in [0.717, 1.165) is 17.1 Å². The number of carboxylic acids is 1. The Balaban J connectivity index is 1.97. The van der Waals surface area contributed by atoms with Crippen LogP contribution in [0, 0.1) is 5.92 Å². The lowest BCUT2D eigenvalue weighted by atomic mass is 9.91. The van der Waals surface area contributed by atoms with Crippen molar-refractivity contribution in [3.8, 4) is 0 Å². The van der Waals surface area contributed by atoms with Gasteiger partial charge in [-0.05, 0) is 30.2 Å². The van der Waals surface area contributed by atoms with Gasteiger partial charge in [-0.15, -0.1) is 23.1 Å². The number of carbonyl (C=O) groups is 2. The molecule has 4 nitrogen and oxygen atoms in total. The zero-order valence-electron chi connectivity index (χ0n) is 10.7. The zero-order valence-corrected chi connectivity index (χ0v) is 12.4. The Kier molecular flexibility index (Phi) is 4.87. The molecule has 2 rings (SSSR count). The third kappa shape index (κ3) is 3.51. The largest absolute Gasteiger partial charge is 0.480 e. The van der Waals surface area contributed by atoms with Crippen molar-refractivity contribution < 1.29 is 14.7 Å². The molecule has 2 heterocycles. The van der Waals surface area contributed by atoms with Gasteiger partial charge < -0.3 is 10.0 Å². The normalized spacial score (nSPS) is 23.3. The van der Waals surface area contributed by atoms with Crippen LogP contribution in [0.5, 0.6) is 0 Å². The SMILES string of the molecule is CC1CCCN(C(=O)CSc2cccs2)C1C(=O)O. The molecule has 0 radical (unpaired) electrons. The lowest BCUT2D eigenvalue weighted by Gasteiger charge is -2.37. The maximum absolute atomic E-state index is 12.2. The smallest absolute Gasteiger partial charge is 0.326 e. The molecule has 1 fully saturated rings. The number of amides is 1. The molecule has 1 amide bonds. The third-order valence-electron chi connectivity index (χ3n) is 3.34. The molecule has 0 spiro atoms. The van der Waals surface area contributed by atoms with Crippen LogP contribution in [0.2, 0.25) is 0 Å². The van der Waals surface area contributed by atoms with Gasteiger partial charge in [-0.2, -0.15) is 0 Å². The van der Waals surface area contributed by atoms with Crippen LogP contribution in [0.4, 0.5) is 0 Å². The van der Waals surface area contributed by atoms with Gasteiger partial charge in [0.25, 0.3) is 0 Å². The quantitative estimate of drug-likeness (QED) is 0.868. The van der Waals surface area contributed by atoms with Crippen LogP contribution in [0.1, 0.15) is 19.8 Å². The number of piperidine rings is 1. The van der Waals surface area contributed by atoms with E-state index in [9.17, 15) is 14.7 Å². The lowest BCUT2D eigenvalue weighted by molar-refractivity contribution is -0.153. The maximum atomic E-state index is 12.2. The molecule has 1 aromatic rings. The van der Waals surface area contributed by atoms with E-state index in [-0.39, 0.29) is 11.8 Å². The number of likely N-dealkylation sites (tertiary alicyclic amines) is 1. The number of thiophene rings is 1. The van der Waals surface area contributed by atoms with Gasteiger partial charge >= 0.3 is 5.97 Å². The molecule has 1 N–H and O–H groups in total. The molecule has 2 unspecified atom stereocenters. The number of hydrogen-bond acceptors (Lipinski definition) is 4. The van der Waals surface area contributed by atoms with Crippen molar-refractivity contribution in [1.82, 2.24) is 4.90 Å². The Hall–Kier alpha value is -1.01. The highest BCUT2D eigenvalue weighted by molar-refractivity contribution is 8.01.